The normalized spacial score (nSPS) is 9.64. The Balaban J connectivity index is 3.19. The molecule has 2 nitrogen and oxygen atoms in total. The highest BCUT2D eigenvalue weighted by Gasteiger charge is 2.01. The average Bonchev–Trinajstić information content (AvgIpc) is 1.85. The van der Waals surface area contributed by atoms with Crippen molar-refractivity contribution in [1.82, 2.24) is 0 Å². The lowest BCUT2D eigenvalue weighted by Gasteiger charge is -1.96. The second-order valence-electron chi connectivity index (χ2n) is 2.02. The molecule has 0 radical (unpaired) electrons. The molecule has 0 saturated heterocycles. The van der Waals surface area contributed by atoms with Crippen molar-refractivity contribution in [3.8, 4) is 0 Å². The van der Waals surface area contributed by atoms with E-state index in [9.17, 15) is 4.79 Å². The fourth-order valence-electron chi connectivity index (χ4n) is 0.696. The van der Waals surface area contributed by atoms with Crippen molar-refractivity contribution in [2.24, 2.45) is 5.73 Å². The fourth-order valence-corrected chi connectivity index (χ4v) is 1.79. The van der Waals surface area contributed by atoms with Crippen molar-refractivity contribution in [3.05, 3.63) is 32.4 Å². The number of benzene rings is 1. The van der Waals surface area contributed by atoms with Gasteiger partial charge in [-0.05, 0) is 40.8 Å². The van der Waals surface area contributed by atoms with Crippen LogP contribution >= 0.6 is 34.2 Å². The van der Waals surface area contributed by atoms with Crippen LogP contribution in [0, 0.1) is 3.57 Å². The summed E-state index contributed by atoms with van der Waals surface area (Å²) >= 11 is 7.75. The highest BCUT2D eigenvalue weighted by Crippen LogP contribution is 2.15. The van der Waals surface area contributed by atoms with Crippen LogP contribution in [-0.4, -0.2) is 5.91 Å². The molecule has 0 fully saturated rings. The SMILES string of the molecule is NC(=O)c1cc(Cl)cc(I)c1. The van der Waals surface area contributed by atoms with Gasteiger partial charge in [-0.25, -0.2) is 0 Å². The number of carbonyl (C=O) groups excluding carboxylic acids is 1. The van der Waals surface area contributed by atoms with E-state index in [1.165, 1.54) is 0 Å². The van der Waals surface area contributed by atoms with Crippen LogP contribution in [0.15, 0.2) is 18.2 Å². The zero-order valence-corrected chi connectivity index (χ0v) is 8.39. The molecule has 0 spiro atoms. The highest BCUT2D eigenvalue weighted by atomic mass is 127. The molecule has 1 aromatic rings. The third kappa shape index (κ3) is 2.34. The van der Waals surface area contributed by atoms with Crippen molar-refractivity contribution in [2.45, 2.75) is 0 Å². The number of hydrogen-bond acceptors (Lipinski definition) is 1. The first-order valence-corrected chi connectivity index (χ1v) is 4.31. The third-order valence-electron chi connectivity index (χ3n) is 1.15. The number of primary amides is 1. The van der Waals surface area contributed by atoms with E-state index in [4.69, 9.17) is 17.3 Å². The van der Waals surface area contributed by atoms with Crippen LogP contribution in [0.5, 0.6) is 0 Å². The standard InChI is InChI=1S/C7H5ClINO/c8-5-1-4(7(10)11)2-6(9)3-5/h1-3H,(H2,10,11). The van der Waals surface area contributed by atoms with Gasteiger partial charge in [0.2, 0.25) is 5.91 Å². The van der Waals surface area contributed by atoms with Gasteiger partial charge in [-0.1, -0.05) is 11.6 Å². The molecule has 0 bridgehead atoms. The first-order valence-electron chi connectivity index (χ1n) is 2.85. The second kappa shape index (κ2) is 3.40. The molecule has 1 rings (SSSR count). The average molecular weight is 281 g/mol. The fraction of sp³-hybridized carbons (Fsp3) is 0. The van der Waals surface area contributed by atoms with E-state index in [1.807, 2.05) is 0 Å². The lowest BCUT2D eigenvalue weighted by molar-refractivity contribution is 0.1000. The monoisotopic (exact) mass is 281 g/mol. The van der Waals surface area contributed by atoms with Gasteiger partial charge in [0.25, 0.3) is 0 Å². The Morgan fingerprint density at radius 3 is 2.55 bits per heavy atom. The van der Waals surface area contributed by atoms with E-state index in [0.29, 0.717) is 10.6 Å². The van der Waals surface area contributed by atoms with Crippen molar-refractivity contribution in [3.63, 3.8) is 0 Å². The summed E-state index contributed by atoms with van der Waals surface area (Å²) in [7, 11) is 0. The summed E-state index contributed by atoms with van der Waals surface area (Å²) in [6.45, 7) is 0. The zero-order valence-electron chi connectivity index (χ0n) is 5.47. The van der Waals surface area contributed by atoms with E-state index < -0.39 is 5.91 Å². The summed E-state index contributed by atoms with van der Waals surface area (Å²) in [4.78, 5) is 10.7. The van der Waals surface area contributed by atoms with Gasteiger partial charge in [0.05, 0.1) is 0 Å². The Morgan fingerprint density at radius 2 is 2.09 bits per heavy atom. The first-order chi connectivity index (χ1) is 5.09. The lowest BCUT2D eigenvalue weighted by atomic mass is 10.2. The molecule has 0 atom stereocenters. The molecule has 1 amide bonds. The Labute approximate surface area is 82.9 Å². The van der Waals surface area contributed by atoms with E-state index in [0.717, 1.165) is 3.57 Å². The van der Waals surface area contributed by atoms with Crippen molar-refractivity contribution in [1.29, 1.82) is 0 Å². The summed E-state index contributed by atoms with van der Waals surface area (Å²) in [6, 6.07) is 5.00. The molecule has 0 aromatic heterocycles. The molecule has 2 N–H and O–H groups in total. The van der Waals surface area contributed by atoms with E-state index >= 15 is 0 Å². The number of carbonyl (C=O) groups is 1. The van der Waals surface area contributed by atoms with Gasteiger partial charge < -0.3 is 5.73 Å². The van der Waals surface area contributed by atoms with Gasteiger partial charge in [-0.15, -0.1) is 0 Å². The number of halogens is 2. The minimum atomic E-state index is -0.453. The van der Waals surface area contributed by atoms with Crippen LogP contribution in [0.4, 0.5) is 0 Å². The lowest BCUT2D eigenvalue weighted by Crippen LogP contribution is -2.10. The zero-order chi connectivity index (χ0) is 8.43. The minimum absolute atomic E-state index is 0.446. The molecule has 0 aliphatic carbocycles. The maximum Gasteiger partial charge on any atom is 0.248 e. The summed E-state index contributed by atoms with van der Waals surface area (Å²) < 4.78 is 0.906. The molecule has 11 heavy (non-hydrogen) atoms. The quantitative estimate of drug-likeness (QED) is 0.787. The molecule has 1 aromatic carbocycles. The summed E-state index contributed by atoms with van der Waals surface area (Å²) in [5.41, 5.74) is 5.50. The Bertz CT molecular complexity index is 280. The molecule has 0 unspecified atom stereocenters. The number of amides is 1. The van der Waals surface area contributed by atoms with Crippen molar-refractivity contribution >= 4 is 40.1 Å². The largest absolute Gasteiger partial charge is 0.366 e. The van der Waals surface area contributed by atoms with Gasteiger partial charge in [0.15, 0.2) is 0 Å². The van der Waals surface area contributed by atoms with Gasteiger partial charge in [0, 0.05) is 14.2 Å². The predicted octanol–water partition coefficient (Wildman–Crippen LogP) is 2.04. The molecule has 0 aliphatic heterocycles. The number of rotatable bonds is 1. The van der Waals surface area contributed by atoms with Crippen LogP contribution in [-0.2, 0) is 0 Å². The van der Waals surface area contributed by atoms with E-state index in [-0.39, 0.29) is 0 Å². The molecule has 58 valence electrons. The maximum atomic E-state index is 10.7. The Morgan fingerprint density at radius 1 is 1.45 bits per heavy atom. The number of nitrogens with two attached hydrogens (primary N) is 1. The molecular formula is C7H5ClINO. The summed E-state index contributed by atoms with van der Waals surface area (Å²) in [5, 5.41) is 0.533. The van der Waals surface area contributed by atoms with E-state index in [2.05, 4.69) is 22.6 Å². The predicted molar refractivity (Wildman–Crippen MR) is 52.7 cm³/mol. The van der Waals surface area contributed by atoms with Gasteiger partial charge in [-0.3, -0.25) is 4.79 Å². The molecule has 4 heteroatoms. The summed E-state index contributed by atoms with van der Waals surface area (Å²) in [5.74, 6) is -0.453. The summed E-state index contributed by atoms with van der Waals surface area (Å²) in [6.07, 6.45) is 0. The van der Waals surface area contributed by atoms with Crippen LogP contribution in [0.25, 0.3) is 0 Å². The molecule has 0 heterocycles. The molecule has 0 aliphatic rings. The van der Waals surface area contributed by atoms with Crippen molar-refractivity contribution in [2.75, 3.05) is 0 Å². The van der Waals surface area contributed by atoms with Crippen LogP contribution in [0.3, 0.4) is 0 Å². The highest BCUT2D eigenvalue weighted by molar-refractivity contribution is 14.1. The Hall–Kier alpha value is -0.290. The number of hydrogen-bond donors (Lipinski definition) is 1. The van der Waals surface area contributed by atoms with Gasteiger partial charge in [0.1, 0.15) is 0 Å². The smallest absolute Gasteiger partial charge is 0.248 e. The van der Waals surface area contributed by atoms with Crippen LogP contribution < -0.4 is 5.73 Å². The maximum absolute atomic E-state index is 10.7. The molecular weight excluding hydrogens is 276 g/mol. The Kier molecular flexibility index (Phi) is 2.72. The second-order valence-corrected chi connectivity index (χ2v) is 3.70. The first kappa shape index (κ1) is 8.80. The van der Waals surface area contributed by atoms with Crippen LogP contribution in [0.1, 0.15) is 10.4 Å². The molecule has 0 saturated carbocycles. The van der Waals surface area contributed by atoms with Gasteiger partial charge in [-0.2, -0.15) is 0 Å². The van der Waals surface area contributed by atoms with E-state index in [1.54, 1.807) is 18.2 Å². The third-order valence-corrected chi connectivity index (χ3v) is 1.99. The van der Waals surface area contributed by atoms with Crippen LogP contribution in [0.2, 0.25) is 5.02 Å². The van der Waals surface area contributed by atoms with Crippen molar-refractivity contribution < 1.29 is 4.79 Å². The minimum Gasteiger partial charge on any atom is -0.366 e. The topological polar surface area (TPSA) is 43.1 Å². The van der Waals surface area contributed by atoms with Gasteiger partial charge >= 0.3 is 0 Å².